The van der Waals surface area contributed by atoms with Crippen LogP contribution in [0, 0.1) is 0 Å². The number of rotatable bonds is 75. The highest BCUT2D eigenvalue weighted by molar-refractivity contribution is 7.47. The van der Waals surface area contributed by atoms with E-state index < -0.39 is 26.5 Å². The van der Waals surface area contributed by atoms with E-state index in [-0.39, 0.29) is 38.6 Å². The van der Waals surface area contributed by atoms with Gasteiger partial charge in [0.2, 0.25) is 0 Å². The molecule has 0 saturated heterocycles. The molecule has 0 bridgehead atoms. The Morgan fingerprint density at radius 1 is 0.316 bits per heavy atom. The van der Waals surface area contributed by atoms with Gasteiger partial charge in [0.1, 0.15) is 6.61 Å². The van der Waals surface area contributed by atoms with Crippen molar-refractivity contribution in [3.63, 3.8) is 0 Å². The second kappa shape index (κ2) is 79.4. The second-order valence-corrected chi connectivity index (χ2v) is 28.0. The molecule has 0 aromatic heterocycles. The molecule has 3 N–H and O–H groups in total. The summed E-state index contributed by atoms with van der Waals surface area (Å²) in [6.07, 6.45) is 112. The smallest absolute Gasteiger partial charge is 0.462 e. The number of hydrogen-bond acceptors (Lipinski definition) is 8. The van der Waals surface area contributed by atoms with E-state index in [9.17, 15) is 19.0 Å². The van der Waals surface area contributed by atoms with E-state index >= 15 is 0 Å². The fraction of sp³-hybridized carbons (Fsp3) is 0.741. The first-order valence-corrected chi connectivity index (χ1v) is 41.5. The maximum absolute atomic E-state index is 12.8. The van der Waals surface area contributed by atoms with Crippen LogP contribution < -0.4 is 5.73 Å². The lowest BCUT2D eigenvalue weighted by Crippen LogP contribution is -2.29. The third-order valence-corrected chi connectivity index (χ3v) is 18.3. The van der Waals surface area contributed by atoms with Gasteiger partial charge >= 0.3 is 19.8 Å². The molecule has 0 aliphatic rings. The normalized spacial score (nSPS) is 13.5. The molecule has 9 nitrogen and oxygen atoms in total. The van der Waals surface area contributed by atoms with Crippen LogP contribution >= 0.6 is 7.82 Å². The van der Waals surface area contributed by atoms with Crippen LogP contribution in [-0.4, -0.2) is 49.3 Å². The van der Waals surface area contributed by atoms with Crippen molar-refractivity contribution in [1.29, 1.82) is 0 Å². The van der Waals surface area contributed by atoms with E-state index in [1.807, 2.05) is 0 Å². The van der Waals surface area contributed by atoms with Gasteiger partial charge in [0.05, 0.1) is 13.2 Å². The van der Waals surface area contributed by atoms with Gasteiger partial charge in [0.25, 0.3) is 0 Å². The lowest BCUT2D eigenvalue weighted by Gasteiger charge is -2.19. The first kappa shape index (κ1) is 91.4. The van der Waals surface area contributed by atoms with Gasteiger partial charge in [-0.2, -0.15) is 0 Å². The average molecular weight is 1350 g/mol. The zero-order valence-corrected chi connectivity index (χ0v) is 62.8. The molecule has 2 atom stereocenters. The zero-order chi connectivity index (χ0) is 68.6. The molecule has 2 unspecified atom stereocenters. The van der Waals surface area contributed by atoms with Gasteiger partial charge in [0, 0.05) is 19.4 Å². The fourth-order valence-corrected chi connectivity index (χ4v) is 12.3. The van der Waals surface area contributed by atoms with Crippen LogP contribution in [0.1, 0.15) is 373 Å². The maximum atomic E-state index is 12.8. The van der Waals surface area contributed by atoms with Gasteiger partial charge in [-0.15, -0.1) is 0 Å². The van der Waals surface area contributed by atoms with Crippen molar-refractivity contribution in [2.24, 2.45) is 5.73 Å². The first-order chi connectivity index (χ1) is 46.8. The van der Waals surface area contributed by atoms with Crippen LogP contribution in [0.25, 0.3) is 0 Å². The summed E-state index contributed by atoms with van der Waals surface area (Å²) in [4.78, 5) is 35.5. The van der Waals surface area contributed by atoms with Crippen LogP contribution in [0.4, 0.5) is 0 Å². The number of carbonyl (C=O) groups excluding carboxylic acids is 2. The van der Waals surface area contributed by atoms with Crippen molar-refractivity contribution in [2.45, 2.75) is 380 Å². The van der Waals surface area contributed by atoms with Crippen LogP contribution in [0.3, 0.4) is 0 Å². The highest BCUT2D eigenvalue weighted by Crippen LogP contribution is 2.43. The van der Waals surface area contributed by atoms with E-state index in [4.69, 9.17) is 24.3 Å². The molecule has 0 saturated carbocycles. The minimum absolute atomic E-state index is 0.0515. The van der Waals surface area contributed by atoms with Gasteiger partial charge in [0.15, 0.2) is 6.10 Å². The molecule has 10 heteroatoms. The fourth-order valence-electron chi connectivity index (χ4n) is 11.5. The zero-order valence-electron chi connectivity index (χ0n) is 61.9. The lowest BCUT2D eigenvalue weighted by atomic mass is 10.0. The van der Waals surface area contributed by atoms with E-state index in [2.05, 4.69) is 135 Å². The Kier molecular flexibility index (Phi) is 76.4. The minimum Gasteiger partial charge on any atom is -0.462 e. The molecule has 0 aliphatic heterocycles. The Hall–Kier alpha value is -3.59. The van der Waals surface area contributed by atoms with Gasteiger partial charge in [-0.1, -0.05) is 379 Å². The Balaban J connectivity index is 3.78. The minimum atomic E-state index is -4.40. The third-order valence-electron chi connectivity index (χ3n) is 17.3. The number of carbonyl (C=O) groups is 2. The summed E-state index contributed by atoms with van der Waals surface area (Å²) in [5, 5.41) is 0. The number of esters is 2. The topological polar surface area (TPSA) is 134 Å². The van der Waals surface area contributed by atoms with Crippen LogP contribution in [0.5, 0.6) is 0 Å². The van der Waals surface area contributed by atoms with Crippen molar-refractivity contribution in [3.05, 3.63) is 122 Å². The molecular formula is C85H150NO8P. The molecular weight excluding hydrogens is 1190 g/mol. The first-order valence-electron chi connectivity index (χ1n) is 40.0. The SMILES string of the molecule is CC/C=C\C/C=C\C/C=C\C/C=C\C/C=C\C/C=C\CCCCCCCCCCCCCCCCC(=O)OC(COC(=O)CCCCCCCCCCCCCCCCCCCCCCCCCCCCCC/C=C\C/C=C\C/C=C\C/C=C\CC)COP(=O)(O)OCCN. The molecule has 0 fully saturated rings. The highest BCUT2D eigenvalue weighted by atomic mass is 31.2. The molecule has 0 aliphatic carbocycles. The van der Waals surface area contributed by atoms with Crippen LogP contribution in [0.2, 0.25) is 0 Å². The summed E-state index contributed by atoms with van der Waals surface area (Å²) in [6, 6.07) is 0. The molecule has 95 heavy (non-hydrogen) atoms. The Morgan fingerprint density at radius 3 is 0.811 bits per heavy atom. The van der Waals surface area contributed by atoms with Crippen LogP contribution in [-0.2, 0) is 32.7 Å². The number of phosphoric ester groups is 1. The molecule has 0 radical (unpaired) electrons. The molecule has 0 aromatic rings. The van der Waals surface area contributed by atoms with E-state index in [1.54, 1.807) is 0 Å². The van der Waals surface area contributed by atoms with Crippen molar-refractivity contribution < 1.29 is 37.6 Å². The molecule has 0 aromatic carbocycles. The summed E-state index contributed by atoms with van der Waals surface area (Å²) in [6.45, 7) is 3.56. The van der Waals surface area contributed by atoms with E-state index in [1.165, 1.54) is 238 Å². The van der Waals surface area contributed by atoms with Gasteiger partial charge < -0.3 is 20.1 Å². The highest BCUT2D eigenvalue weighted by Gasteiger charge is 2.26. The van der Waals surface area contributed by atoms with Gasteiger partial charge in [-0.3, -0.25) is 18.6 Å². The average Bonchev–Trinajstić information content (AvgIpc) is 3.25. The number of hydrogen-bond donors (Lipinski definition) is 2. The monoisotopic (exact) mass is 1340 g/mol. The van der Waals surface area contributed by atoms with Gasteiger partial charge in [-0.05, 0) is 103 Å². The lowest BCUT2D eigenvalue weighted by molar-refractivity contribution is -0.161. The van der Waals surface area contributed by atoms with Crippen molar-refractivity contribution in [1.82, 2.24) is 0 Å². The number of unbranched alkanes of at least 4 members (excludes halogenated alkanes) is 42. The number of allylic oxidation sites excluding steroid dienone is 20. The number of phosphoric acid groups is 1. The Morgan fingerprint density at radius 2 is 0.547 bits per heavy atom. The van der Waals surface area contributed by atoms with Crippen molar-refractivity contribution in [2.75, 3.05) is 26.4 Å². The summed E-state index contributed by atoms with van der Waals surface area (Å²) >= 11 is 0. The van der Waals surface area contributed by atoms with Crippen molar-refractivity contribution >= 4 is 19.8 Å². The molecule has 0 heterocycles. The standard InChI is InChI=1S/C85H150NO8P/c1-3-5-7-9-11-13-15-17-19-21-23-25-27-29-31-33-35-37-38-39-40-41-42-43-44-46-47-49-51-53-55-57-59-61-63-65-67-69-71-73-75-77-84(87)91-81-83(82-93-95(89,90)92-80-79-86)94-85(88)78-76-74-72-70-68-66-64-62-60-58-56-54-52-50-48-45-36-34-32-30-28-26-24-22-20-18-16-14-12-10-8-6-4-2/h5-8,11-14,17-20,23-26,30,32,36,45,83H,3-4,9-10,15-16,21-22,27-29,31,33-35,37-44,46-82,86H2,1-2H3,(H,89,90)/b7-5-,8-6-,13-11-,14-12-,19-17-,20-18-,25-23-,26-24-,32-30-,45-36-. The number of ether oxygens (including phenoxy) is 2. The predicted octanol–water partition coefficient (Wildman–Crippen LogP) is 27.0. The van der Waals surface area contributed by atoms with Crippen molar-refractivity contribution in [3.8, 4) is 0 Å². The summed E-state index contributed by atoms with van der Waals surface area (Å²) in [5.41, 5.74) is 5.42. The largest absolute Gasteiger partial charge is 0.472 e. The summed E-state index contributed by atoms with van der Waals surface area (Å²) in [7, 11) is -4.40. The summed E-state index contributed by atoms with van der Waals surface area (Å²) < 4.78 is 33.3. The third kappa shape index (κ3) is 79.3. The Bertz CT molecular complexity index is 1980. The molecule has 0 rings (SSSR count). The quantitative estimate of drug-likeness (QED) is 0.0264. The van der Waals surface area contributed by atoms with E-state index in [0.717, 1.165) is 103 Å². The van der Waals surface area contributed by atoms with E-state index in [0.29, 0.717) is 6.42 Å². The summed E-state index contributed by atoms with van der Waals surface area (Å²) in [5.74, 6) is -0.815. The molecule has 0 spiro atoms. The second-order valence-electron chi connectivity index (χ2n) is 26.5. The van der Waals surface area contributed by atoms with Crippen LogP contribution in [0.15, 0.2) is 122 Å². The molecule has 0 amide bonds. The number of nitrogens with two attached hydrogens (primary N) is 1. The molecule has 548 valence electrons. The maximum Gasteiger partial charge on any atom is 0.472 e. The Labute approximate surface area is 587 Å². The van der Waals surface area contributed by atoms with Gasteiger partial charge in [-0.25, -0.2) is 4.57 Å². The predicted molar refractivity (Wildman–Crippen MR) is 413 cm³/mol.